The van der Waals surface area contributed by atoms with Gasteiger partial charge in [0.25, 0.3) is 0 Å². The third-order valence-electron chi connectivity index (χ3n) is 3.99. The van der Waals surface area contributed by atoms with Crippen LogP contribution in [0.5, 0.6) is 0 Å². The molecule has 1 saturated carbocycles. The molecule has 2 heteroatoms. The van der Waals surface area contributed by atoms with Gasteiger partial charge in [0, 0.05) is 18.0 Å². The molecule has 1 fully saturated rings. The van der Waals surface area contributed by atoms with E-state index in [9.17, 15) is 4.79 Å². The van der Waals surface area contributed by atoms with Gasteiger partial charge >= 0.3 is 0 Å². The Kier molecular flexibility index (Phi) is 4.78. The van der Waals surface area contributed by atoms with Crippen LogP contribution in [0.4, 0.5) is 0 Å². The van der Waals surface area contributed by atoms with Crippen LogP contribution in [0.3, 0.4) is 0 Å². The second kappa shape index (κ2) is 5.64. The van der Waals surface area contributed by atoms with Gasteiger partial charge in [-0.3, -0.25) is 4.90 Å². The highest BCUT2D eigenvalue weighted by Crippen LogP contribution is 2.37. The van der Waals surface area contributed by atoms with E-state index in [2.05, 4.69) is 25.7 Å². The van der Waals surface area contributed by atoms with Crippen LogP contribution in [0.1, 0.15) is 52.9 Å². The lowest BCUT2D eigenvalue weighted by Gasteiger charge is -2.34. The maximum atomic E-state index is 11.3. The third-order valence-corrected chi connectivity index (χ3v) is 3.99. The van der Waals surface area contributed by atoms with Crippen molar-refractivity contribution in [1.29, 1.82) is 0 Å². The number of rotatable bonds is 6. The molecule has 1 aliphatic carbocycles. The molecule has 1 aliphatic rings. The standard InChI is InChI=1S/C13H25NO/c1-4-12(3)14(5-2)10-13(11-15)8-6-7-9-13/h11-12H,4-10H2,1-3H3. The zero-order chi connectivity index (χ0) is 11.3. The minimum Gasteiger partial charge on any atom is -0.303 e. The van der Waals surface area contributed by atoms with Crippen molar-refractivity contribution in [2.24, 2.45) is 5.41 Å². The second-order valence-corrected chi connectivity index (χ2v) is 5.01. The lowest BCUT2D eigenvalue weighted by Crippen LogP contribution is -2.41. The van der Waals surface area contributed by atoms with Crippen LogP contribution in [-0.4, -0.2) is 30.3 Å². The highest BCUT2D eigenvalue weighted by Gasteiger charge is 2.35. The van der Waals surface area contributed by atoms with E-state index in [1.165, 1.54) is 25.5 Å². The first-order valence-electron chi connectivity index (χ1n) is 6.38. The number of nitrogens with zero attached hydrogens (tertiary/aromatic N) is 1. The van der Waals surface area contributed by atoms with Crippen LogP contribution in [0.25, 0.3) is 0 Å². The van der Waals surface area contributed by atoms with E-state index in [0.29, 0.717) is 6.04 Å². The zero-order valence-corrected chi connectivity index (χ0v) is 10.5. The van der Waals surface area contributed by atoms with Gasteiger partial charge in [0.2, 0.25) is 0 Å². The predicted molar refractivity (Wildman–Crippen MR) is 64.0 cm³/mol. The Labute approximate surface area is 94.0 Å². The first-order valence-corrected chi connectivity index (χ1v) is 6.38. The molecule has 0 saturated heterocycles. The molecule has 0 heterocycles. The fourth-order valence-electron chi connectivity index (χ4n) is 2.63. The van der Waals surface area contributed by atoms with Gasteiger partial charge in [0.05, 0.1) is 0 Å². The van der Waals surface area contributed by atoms with Gasteiger partial charge < -0.3 is 4.79 Å². The SMILES string of the molecule is CCC(C)N(CC)CC1(C=O)CCCC1. The van der Waals surface area contributed by atoms with Crippen LogP contribution in [0.2, 0.25) is 0 Å². The number of carbonyl (C=O) groups is 1. The molecule has 0 aromatic rings. The molecule has 0 amide bonds. The lowest BCUT2D eigenvalue weighted by molar-refractivity contribution is -0.117. The Bertz CT molecular complexity index is 197. The van der Waals surface area contributed by atoms with Crippen LogP contribution in [0.15, 0.2) is 0 Å². The van der Waals surface area contributed by atoms with Gasteiger partial charge in [-0.2, -0.15) is 0 Å². The van der Waals surface area contributed by atoms with Gasteiger partial charge in [-0.05, 0) is 32.7 Å². The molecule has 1 atom stereocenters. The molecule has 0 N–H and O–H groups in total. The smallest absolute Gasteiger partial charge is 0.127 e. The molecule has 88 valence electrons. The van der Waals surface area contributed by atoms with Crippen LogP contribution < -0.4 is 0 Å². The fourth-order valence-corrected chi connectivity index (χ4v) is 2.63. The van der Waals surface area contributed by atoms with Gasteiger partial charge in [-0.15, -0.1) is 0 Å². The minimum absolute atomic E-state index is 0.0144. The molecular weight excluding hydrogens is 186 g/mol. The average molecular weight is 211 g/mol. The van der Waals surface area contributed by atoms with Gasteiger partial charge in [-0.1, -0.05) is 26.7 Å². The monoisotopic (exact) mass is 211 g/mol. The maximum absolute atomic E-state index is 11.3. The van der Waals surface area contributed by atoms with Gasteiger partial charge in [0.15, 0.2) is 0 Å². The molecule has 1 unspecified atom stereocenters. The molecular formula is C13H25NO. The summed E-state index contributed by atoms with van der Waals surface area (Å²) in [5.41, 5.74) is -0.0144. The Balaban J connectivity index is 2.59. The quantitative estimate of drug-likeness (QED) is 0.630. The van der Waals surface area contributed by atoms with Crippen molar-refractivity contribution in [2.45, 2.75) is 58.9 Å². The molecule has 0 aliphatic heterocycles. The summed E-state index contributed by atoms with van der Waals surface area (Å²) in [5, 5.41) is 0. The van der Waals surface area contributed by atoms with E-state index in [1.54, 1.807) is 0 Å². The van der Waals surface area contributed by atoms with Gasteiger partial charge in [0.1, 0.15) is 6.29 Å². The summed E-state index contributed by atoms with van der Waals surface area (Å²) in [4.78, 5) is 13.7. The fraction of sp³-hybridized carbons (Fsp3) is 0.923. The van der Waals surface area contributed by atoms with Crippen molar-refractivity contribution in [3.8, 4) is 0 Å². The highest BCUT2D eigenvalue weighted by molar-refractivity contribution is 5.60. The molecule has 0 radical (unpaired) electrons. The number of hydrogen-bond acceptors (Lipinski definition) is 2. The summed E-state index contributed by atoms with van der Waals surface area (Å²) in [6.07, 6.45) is 7.06. The Morgan fingerprint density at radius 1 is 1.33 bits per heavy atom. The van der Waals surface area contributed by atoms with Crippen LogP contribution in [-0.2, 0) is 4.79 Å². The summed E-state index contributed by atoms with van der Waals surface area (Å²) < 4.78 is 0. The van der Waals surface area contributed by atoms with Crippen LogP contribution in [0, 0.1) is 5.41 Å². The van der Waals surface area contributed by atoms with Crippen molar-refractivity contribution in [3.63, 3.8) is 0 Å². The normalized spacial score (nSPS) is 21.9. The summed E-state index contributed by atoms with van der Waals surface area (Å²) in [6.45, 7) is 8.71. The third kappa shape index (κ3) is 3.04. The van der Waals surface area contributed by atoms with Crippen molar-refractivity contribution in [1.82, 2.24) is 4.90 Å². The van der Waals surface area contributed by atoms with E-state index in [0.717, 1.165) is 25.9 Å². The minimum atomic E-state index is -0.0144. The molecule has 0 aromatic heterocycles. The largest absolute Gasteiger partial charge is 0.303 e. The van der Waals surface area contributed by atoms with E-state index in [4.69, 9.17) is 0 Å². The Morgan fingerprint density at radius 3 is 2.33 bits per heavy atom. The summed E-state index contributed by atoms with van der Waals surface area (Å²) in [5.74, 6) is 0. The second-order valence-electron chi connectivity index (χ2n) is 5.01. The topological polar surface area (TPSA) is 20.3 Å². The molecule has 0 aromatic carbocycles. The predicted octanol–water partition coefficient (Wildman–Crippen LogP) is 2.87. The van der Waals surface area contributed by atoms with E-state index in [-0.39, 0.29) is 5.41 Å². The Hall–Kier alpha value is -0.370. The van der Waals surface area contributed by atoms with E-state index in [1.807, 2.05) is 0 Å². The highest BCUT2D eigenvalue weighted by atomic mass is 16.1. The van der Waals surface area contributed by atoms with E-state index < -0.39 is 0 Å². The molecule has 0 bridgehead atoms. The number of hydrogen-bond donors (Lipinski definition) is 0. The zero-order valence-electron chi connectivity index (χ0n) is 10.5. The summed E-state index contributed by atoms with van der Waals surface area (Å²) in [6, 6.07) is 0.604. The first-order chi connectivity index (χ1) is 7.17. The van der Waals surface area contributed by atoms with Crippen molar-refractivity contribution < 1.29 is 4.79 Å². The number of carbonyl (C=O) groups excluding carboxylic acids is 1. The van der Waals surface area contributed by atoms with E-state index >= 15 is 0 Å². The van der Waals surface area contributed by atoms with Crippen LogP contribution >= 0.6 is 0 Å². The number of aldehydes is 1. The lowest BCUT2D eigenvalue weighted by atomic mass is 9.87. The average Bonchev–Trinajstić information content (AvgIpc) is 2.74. The molecule has 2 nitrogen and oxygen atoms in total. The van der Waals surface area contributed by atoms with Crippen molar-refractivity contribution in [2.75, 3.05) is 13.1 Å². The molecule has 15 heavy (non-hydrogen) atoms. The maximum Gasteiger partial charge on any atom is 0.127 e. The summed E-state index contributed by atoms with van der Waals surface area (Å²) >= 11 is 0. The summed E-state index contributed by atoms with van der Waals surface area (Å²) in [7, 11) is 0. The van der Waals surface area contributed by atoms with Gasteiger partial charge in [-0.25, -0.2) is 0 Å². The Morgan fingerprint density at radius 2 is 1.93 bits per heavy atom. The van der Waals surface area contributed by atoms with Crippen molar-refractivity contribution in [3.05, 3.63) is 0 Å². The first kappa shape index (κ1) is 12.7. The molecule has 1 rings (SSSR count). The molecule has 0 spiro atoms. The van der Waals surface area contributed by atoms with Crippen molar-refractivity contribution >= 4 is 6.29 Å².